The molecule has 2 aromatic carbocycles. The number of rotatable bonds is 5. The van der Waals surface area contributed by atoms with Crippen molar-refractivity contribution in [2.45, 2.75) is 5.16 Å². The molecule has 1 aromatic heterocycles. The number of aromatic nitrogens is 2. The number of para-hydroxylation sites is 1. The van der Waals surface area contributed by atoms with Crippen LogP contribution in [0.2, 0.25) is 0 Å². The van der Waals surface area contributed by atoms with Crippen LogP contribution in [0.1, 0.15) is 0 Å². The molecule has 0 spiro atoms. The van der Waals surface area contributed by atoms with Gasteiger partial charge in [-0.3, -0.25) is 9.59 Å². The summed E-state index contributed by atoms with van der Waals surface area (Å²) in [6, 6.07) is 21.3. The highest BCUT2D eigenvalue weighted by atomic mass is 32.2. The fraction of sp³-hybridized carbons (Fsp3) is 0.227. The molecule has 3 aromatic rings. The Kier molecular flexibility index (Phi) is 5.95. The van der Waals surface area contributed by atoms with Crippen LogP contribution in [0.5, 0.6) is 0 Å². The zero-order valence-electron chi connectivity index (χ0n) is 16.0. The summed E-state index contributed by atoms with van der Waals surface area (Å²) in [6.45, 7) is 3.03. The summed E-state index contributed by atoms with van der Waals surface area (Å²) in [5.74, 6) is 0.322. The van der Waals surface area contributed by atoms with Gasteiger partial charge in [0.25, 0.3) is 5.56 Å². The van der Waals surface area contributed by atoms with E-state index in [0.29, 0.717) is 23.9 Å². The van der Waals surface area contributed by atoms with Crippen molar-refractivity contribution in [1.29, 1.82) is 0 Å². The van der Waals surface area contributed by atoms with Crippen molar-refractivity contribution in [3.63, 3.8) is 0 Å². The minimum Gasteiger partial charge on any atom is -0.368 e. The van der Waals surface area contributed by atoms with E-state index in [1.54, 1.807) is 0 Å². The van der Waals surface area contributed by atoms with Crippen LogP contribution in [0.15, 0.2) is 76.7 Å². The second-order valence-corrected chi connectivity index (χ2v) is 7.76. The maximum atomic E-state index is 12.6. The van der Waals surface area contributed by atoms with E-state index in [2.05, 4.69) is 27.0 Å². The molecule has 1 N–H and O–H groups in total. The summed E-state index contributed by atoms with van der Waals surface area (Å²) in [6.07, 6.45) is 0. The van der Waals surface area contributed by atoms with Crippen LogP contribution >= 0.6 is 11.8 Å². The fourth-order valence-electron chi connectivity index (χ4n) is 3.33. The van der Waals surface area contributed by atoms with Crippen molar-refractivity contribution < 1.29 is 4.79 Å². The van der Waals surface area contributed by atoms with Gasteiger partial charge in [-0.05, 0) is 12.1 Å². The van der Waals surface area contributed by atoms with Crippen LogP contribution in [0.25, 0.3) is 11.3 Å². The molecule has 0 saturated carbocycles. The molecule has 0 bridgehead atoms. The van der Waals surface area contributed by atoms with Gasteiger partial charge in [-0.25, -0.2) is 4.98 Å². The van der Waals surface area contributed by atoms with E-state index in [1.165, 1.54) is 23.5 Å². The number of piperazine rings is 1. The van der Waals surface area contributed by atoms with Gasteiger partial charge in [0.1, 0.15) is 0 Å². The number of thioether (sulfide) groups is 1. The lowest BCUT2D eigenvalue weighted by molar-refractivity contribution is -0.128. The normalized spacial score (nSPS) is 14.1. The highest BCUT2D eigenvalue weighted by Crippen LogP contribution is 2.20. The fourth-order valence-corrected chi connectivity index (χ4v) is 4.11. The van der Waals surface area contributed by atoms with Crippen molar-refractivity contribution in [1.82, 2.24) is 14.9 Å². The van der Waals surface area contributed by atoms with Crippen LogP contribution in [0, 0.1) is 0 Å². The Balaban J connectivity index is 1.34. The minimum atomic E-state index is -0.217. The van der Waals surface area contributed by atoms with Crippen molar-refractivity contribution in [2.75, 3.05) is 36.8 Å². The van der Waals surface area contributed by atoms with E-state index in [1.807, 2.05) is 53.4 Å². The molecule has 2 heterocycles. The summed E-state index contributed by atoms with van der Waals surface area (Å²) in [5.41, 5.74) is 2.46. The van der Waals surface area contributed by atoms with Crippen molar-refractivity contribution in [2.24, 2.45) is 0 Å². The molecule has 0 radical (unpaired) electrons. The smallest absolute Gasteiger partial charge is 0.252 e. The van der Waals surface area contributed by atoms with Gasteiger partial charge < -0.3 is 14.8 Å². The van der Waals surface area contributed by atoms with Gasteiger partial charge in [-0.2, -0.15) is 0 Å². The lowest BCUT2D eigenvalue weighted by Gasteiger charge is -2.36. The molecule has 1 saturated heterocycles. The number of carbonyl (C=O) groups excluding carboxylic acids is 1. The molecule has 1 amide bonds. The number of nitrogens with zero attached hydrogens (tertiary/aromatic N) is 3. The summed E-state index contributed by atoms with van der Waals surface area (Å²) in [4.78, 5) is 36.0. The number of hydrogen-bond donors (Lipinski definition) is 1. The molecule has 148 valence electrons. The average Bonchev–Trinajstić information content (AvgIpc) is 2.78. The van der Waals surface area contributed by atoms with Crippen LogP contribution in [-0.2, 0) is 4.79 Å². The number of carbonyl (C=O) groups is 1. The Morgan fingerprint density at radius 2 is 1.62 bits per heavy atom. The third-order valence-electron chi connectivity index (χ3n) is 4.88. The van der Waals surface area contributed by atoms with Crippen LogP contribution in [0.4, 0.5) is 5.69 Å². The zero-order chi connectivity index (χ0) is 20.1. The maximum Gasteiger partial charge on any atom is 0.252 e. The topological polar surface area (TPSA) is 69.3 Å². The maximum absolute atomic E-state index is 12.6. The SMILES string of the molecule is O=C(CSc1nc(-c2ccccc2)cc(=O)[nH]1)N1CCN(c2ccccc2)CC1. The second kappa shape index (κ2) is 8.96. The van der Waals surface area contributed by atoms with Crippen LogP contribution in [0.3, 0.4) is 0 Å². The Morgan fingerprint density at radius 1 is 0.966 bits per heavy atom. The number of nitrogens with one attached hydrogen (secondary N) is 1. The standard InChI is InChI=1S/C22H22N4O2S/c27-20-15-19(17-7-3-1-4-8-17)23-22(24-20)29-16-21(28)26-13-11-25(12-14-26)18-9-5-2-6-10-18/h1-10,15H,11-14,16H2,(H,23,24,27). The van der Waals surface area contributed by atoms with Crippen LogP contribution < -0.4 is 10.5 Å². The quantitative estimate of drug-likeness (QED) is 0.521. The van der Waals surface area contributed by atoms with Crippen LogP contribution in [-0.4, -0.2) is 52.7 Å². The highest BCUT2D eigenvalue weighted by Gasteiger charge is 2.21. The molecule has 0 aliphatic carbocycles. The Morgan fingerprint density at radius 3 is 2.31 bits per heavy atom. The highest BCUT2D eigenvalue weighted by molar-refractivity contribution is 7.99. The molecule has 0 unspecified atom stereocenters. The predicted molar refractivity (Wildman–Crippen MR) is 116 cm³/mol. The molecule has 4 rings (SSSR count). The van der Waals surface area contributed by atoms with Gasteiger partial charge in [-0.1, -0.05) is 60.3 Å². The van der Waals surface area contributed by atoms with Gasteiger partial charge in [0.05, 0.1) is 11.4 Å². The Bertz CT molecular complexity index is 1020. The van der Waals surface area contributed by atoms with Gasteiger partial charge in [-0.15, -0.1) is 0 Å². The van der Waals surface area contributed by atoms with E-state index in [0.717, 1.165) is 18.7 Å². The molecule has 29 heavy (non-hydrogen) atoms. The first kappa shape index (κ1) is 19.3. The van der Waals surface area contributed by atoms with Gasteiger partial charge >= 0.3 is 0 Å². The Hall–Kier alpha value is -3.06. The largest absolute Gasteiger partial charge is 0.368 e. The average molecular weight is 407 g/mol. The molecule has 1 fully saturated rings. The monoisotopic (exact) mass is 406 g/mol. The molecule has 7 heteroatoms. The number of benzene rings is 2. The predicted octanol–water partition coefficient (Wildman–Crippen LogP) is 2.88. The number of anilines is 1. The van der Waals surface area contributed by atoms with Gasteiger partial charge in [0.2, 0.25) is 5.91 Å². The number of aromatic amines is 1. The first-order valence-electron chi connectivity index (χ1n) is 9.56. The summed E-state index contributed by atoms with van der Waals surface area (Å²) in [7, 11) is 0. The Labute approximate surface area is 173 Å². The molecule has 1 aliphatic rings. The zero-order valence-corrected chi connectivity index (χ0v) is 16.8. The summed E-state index contributed by atoms with van der Waals surface area (Å²) in [5, 5.41) is 0.465. The van der Waals surface area contributed by atoms with E-state index in [-0.39, 0.29) is 17.2 Å². The van der Waals surface area contributed by atoms with Gasteiger partial charge in [0.15, 0.2) is 5.16 Å². The summed E-state index contributed by atoms with van der Waals surface area (Å²) >= 11 is 1.27. The van der Waals surface area contributed by atoms with Crippen molar-refractivity contribution in [3.05, 3.63) is 77.1 Å². The minimum absolute atomic E-state index is 0.0653. The van der Waals surface area contributed by atoms with Crippen molar-refractivity contribution in [3.8, 4) is 11.3 Å². The molecular weight excluding hydrogens is 384 g/mol. The third-order valence-corrected chi connectivity index (χ3v) is 5.73. The molecular formula is C22H22N4O2S. The lowest BCUT2D eigenvalue weighted by Crippen LogP contribution is -2.49. The van der Waals surface area contributed by atoms with Crippen molar-refractivity contribution >= 4 is 23.4 Å². The molecule has 6 nitrogen and oxygen atoms in total. The lowest BCUT2D eigenvalue weighted by atomic mass is 10.1. The third kappa shape index (κ3) is 4.86. The first-order chi connectivity index (χ1) is 14.2. The summed E-state index contributed by atoms with van der Waals surface area (Å²) < 4.78 is 0. The number of H-pyrrole nitrogens is 1. The van der Waals surface area contributed by atoms with E-state index < -0.39 is 0 Å². The number of hydrogen-bond acceptors (Lipinski definition) is 5. The molecule has 1 aliphatic heterocycles. The number of amides is 1. The second-order valence-electron chi connectivity index (χ2n) is 6.79. The van der Waals surface area contributed by atoms with E-state index in [9.17, 15) is 9.59 Å². The van der Waals surface area contributed by atoms with E-state index in [4.69, 9.17) is 0 Å². The van der Waals surface area contributed by atoms with Gasteiger partial charge in [0, 0.05) is 43.5 Å². The first-order valence-corrected chi connectivity index (χ1v) is 10.5. The van der Waals surface area contributed by atoms with E-state index >= 15 is 0 Å². The molecule has 0 atom stereocenters.